The van der Waals surface area contributed by atoms with Gasteiger partial charge in [0.05, 0.1) is 19.2 Å². The Bertz CT molecular complexity index is 452. The van der Waals surface area contributed by atoms with Gasteiger partial charge >= 0.3 is 5.97 Å². The fourth-order valence-corrected chi connectivity index (χ4v) is 1.64. The molecule has 0 aliphatic rings. The van der Waals surface area contributed by atoms with E-state index in [0.29, 0.717) is 0 Å². The molecule has 1 rings (SSSR count). The zero-order chi connectivity index (χ0) is 11.5. The predicted molar refractivity (Wildman–Crippen MR) is 48.5 cm³/mol. The van der Waals surface area contributed by atoms with Crippen molar-refractivity contribution in [3.05, 3.63) is 0 Å². The maximum atomic E-state index is 11.2. The average molecular weight is 235 g/mol. The van der Waals surface area contributed by atoms with Gasteiger partial charge in [-0.25, -0.2) is 13.1 Å². The highest BCUT2D eigenvalue weighted by atomic mass is 32.2. The summed E-state index contributed by atoms with van der Waals surface area (Å²) in [6, 6.07) is 0. The van der Waals surface area contributed by atoms with Crippen LogP contribution in [0.5, 0.6) is 0 Å². The first-order valence-corrected chi connectivity index (χ1v) is 5.50. The fourth-order valence-electron chi connectivity index (χ4n) is 0.737. The summed E-state index contributed by atoms with van der Waals surface area (Å²) in [5.74, 6) is -1.89. The minimum Gasteiger partial charge on any atom is -0.481 e. The van der Waals surface area contributed by atoms with Crippen molar-refractivity contribution in [2.75, 3.05) is 10.5 Å². The number of hydrogen-bond donors (Lipinski definition) is 2. The van der Waals surface area contributed by atoms with Crippen LogP contribution < -0.4 is 4.72 Å². The molecule has 0 amide bonds. The lowest BCUT2D eigenvalue weighted by atomic mass is 10.5. The number of hydrogen-bond acceptors (Lipinski definition) is 6. The van der Waals surface area contributed by atoms with Gasteiger partial charge in [0.2, 0.25) is 10.0 Å². The lowest BCUT2D eigenvalue weighted by molar-refractivity contribution is -0.136. The maximum Gasteiger partial charge on any atom is 0.304 e. The molecule has 1 aromatic heterocycles. The van der Waals surface area contributed by atoms with Crippen molar-refractivity contribution in [1.29, 1.82) is 0 Å². The molecular weight excluding hydrogens is 226 g/mol. The van der Waals surface area contributed by atoms with E-state index in [0.717, 1.165) is 4.80 Å². The van der Waals surface area contributed by atoms with Crippen LogP contribution in [0.4, 0.5) is 5.95 Å². The SMILES string of the molecule is Cn1nnc(NS(=O)(=O)CCC(=O)O)n1. The third-order valence-corrected chi connectivity index (χ3v) is 2.57. The summed E-state index contributed by atoms with van der Waals surface area (Å²) < 4.78 is 24.4. The third-order valence-electron chi connectivity index (χ3n) is 1.34. The lowest BCUT2D eigenvalue weighted by Gasteiger charge is -2.00. The Balaban J connectivity index is 2.60. The number of nitrogens with zero attached hydrogens (tertiary/aromatic N) is 4. The van der Waals surface area contributed by atoms with Crippen LogP contribution in [0.25, 0.3) is 0 Å². The highest BCUT2D eigenvalue weighted by Crippen LogP contribution is 1.99. The Hall–Kier alpha value is -1.71. The molecule has 15 heavy (non-hydrogen) atoms. The van der Waals surface area contributed by atoms with Crippen LogP contribution in [0.3, 0.4) is 0 Å². The highest BCUT2D eigenvalue weighted by molar-refractivity contribution is 7.92. The Morgan fingerprint density at radius 3 is 2.73 bits per heavy atom. The zero-order valence-electron chi connectivity index (χ0n) is 7.78. The summed E-state index contributed by atoms with van der Waals surface area (Å²) in [5, 5.41) is 18.7. The van der Waals surface area contributed by atoms with E-state index in [2.05, 4.69) is 15.4 Å². The van der Waals surface area contributed by atoms with Gasteiger partial charge in [0.1, 0.15) is 0 Å². The molecule has 0 unspecified atom stereocenters. The Kier molecular flexibility index (Phi) is 3.19. The average Bonchev–Trinajstić information content (AvgIpc) is 2.47. The fraction of sp³-hybridized carbons (Fsp3) is 0.600. The predicted octanol–water partition coefficient (Wildman–Crippen LogP) is -1.57. The summed E-state index contributed by atoms with van der Waals surface area (Å²) in [4.78, 5) is 11.2. The van der Waals surface area contributed by atoms with Crippen molar-refractivity contribution in [1.82, 2.24) is 20.2 Å². The molecular formula is C5H9N5O4S. The monoisotopic (exact) mass is 235 g/mol. The van der Waals surface area contributed by atoms with E-state index >= 15 is 0 Å². The van der Waals surface area contributed by atoms with Crippen molar-refractivity contribution >= 4 is 21.9 Å². The van der Waals surface area contributed by atoms with Crippen molar-refractivity contribution in [3.63, 3.8) is 0 Å². The van der Waals surface area contributed by atoms with E-state index in [9.17, 15) is 13.2 Å². The zero-order valence-corrected chi connectivity index (χ0v) is 8.60. The summed E-state index contributed by atoms with van der Waals surface area (Å²) in [5.41, 5.74) is 0. The second-order valence-corrected chi connectivity index (χ2v) is 4.51. The molecule has 0 saturated carbocycles. The molecule has 1 heterocycles. The van der Waals surface area contributed by atoms with E-state index in [1.807, 2.05) is 4.72 Å². The third kappa shape index (κ3) is 3.89. The second-order valence-electron chi connectivity index (χ2n) is 2.67. The minimum absolute atomic E-state index is 0.178. The second kappa shape index (κ2) is 4.21. The number of carboxylic acids is 1. The smallest absolute Gasteiger partial charge is 0.304 e. The van der Waals surface area contributed by atoms with Crippen LogP contribution in [-0.2, 0) is 21.9 Å². The van der Waals surface area contributed by atoms with Gasteiger partial charge < -0.3 is 5.11 Å². The molecule has 0 aliphatic carbocycles. The number of rotatable bonds is 5. The highest BCUT2D eigenvalue weighted by Gasteiger charge is 2.15. The quantitative estimate of drug-likeness (QED) is 0.630. The van der Waals surface area contributed by atoms with Crippen LogP contribution >= 0.6 is 0 Å². The number of tetrazole rings is 1. The molecule has 1 aromatic rings. The van der Waals surface area contributed by atoms with Gasteiger partial charge in [-0.3, -0.25) is 4.79 Å². The molecule has 0 aromatic carbocycles. The van der Waals surface area contributed by atoms with Gasteiger partial charge in [-0.05, 0) is 5.21 Å². The van der Waals surface area contributed by atoms with Gasteiger partial charge in [-0.15, -0.1) is 5.10 Å². The summed E-state index contributed by atoms with van der Waals surface area (Å²) >= 11 is 0. The number of sulfonamides is 1. The van der Waals surface area contributed by atoms with Gasteiger partial charge in [0.25, 0.3) is 5.95 Å². The molecule has 84 valence electrons. The molecule has 2 N–H and O–H groups in total. The molecule has 10 heteroatoms. The van der Waals surface area contributed by atoms with Gasteiger partial charge in [-0.2, -0.15) is 4.80 Å². The van der Waals surface area contributed by atoms with Crippen molar-refractivity contribution in [2.45, 2.75) is 6.42 Å². The first-order valence-electron chi connectivity index (χ1n) is 3.85. The number of carbonyl (C=O) groups is 1. The Morgan fingerprint density at radius 2 is 2.27 bits per heavy atom. The van der Waals surface area contributed by atoms with E-state index in [1.165, 1.54) is 7.05 Å². The topological polar surface area (TPSA) is 127 Å². The molecule has 0 bridgehead atoms. The van der Waals surface area contributed by atoms with Crippen LogP contribution in [0.15, 0.2) is 0 Å². The Morgan fingerprint density at radius 1 is 1.60 bits per heavy atom. The van der Waals surface area contributed by atoms with E-state index < -0.39 is 28.2 Å². The number of aryl methyl sites for hydroxylation is 1. The Labute approximate surface area is 85.1 Å². The van der Waals surface area contributed by atoms with Crippen molar-refractivity contribution < 1.29 is 18.3 Å². The molecule has 9 nitrogen and oxygen atoms in total. The van der Waals surface area contributed by atoms with E-state index in [-0.39, 0.29) is 5.95 Å². The molecule has 0 spiro atoms. The number of anilines is 1. The molecule has 0 radical (unpaired) electrons. The molecule has 0 fully saturated rings. The molecule has 0 saturated heterocycles. The van der Waals surface area contributed by atoms with Crippen molar-refractivity contribution in [2.24, 2.45) is 7.05 Å². The standard InChI is InChI=1S/C5H9N5O4S/c1-10-7-5(6-9-10)8-15(13,14)3-2-4(11)12/h2-3H2,1H3,(H,7,8)(H,11,12). The van der Waals surface area contributed by atoms with Gasteiger partial charge in [-0.1, -0.05) is 5.10 Å². The normalized spacial score (nSPS) is 11.3. The molecule has 0 atom stereocenters. The number of nitrogens with one attached hydrogen (secondary N) is 1. The van der Waals surface area contributed by atoms with E-state index in [1.54, 1.807) is 0 Å². The largest absolute Gasteiger partial charge is 0.481 e. The van der Waals surface area contributed by atoms with Crippen LogP contribution in [0, 0.1) is 0 Å². The van der Waals surface area contributed by atoms with Crippen LogP contribution in [0.2, 0.25) is 0 Å². The number of carboxylic acid groups (broad SMARTS) is 1. The number of aromatic nitrogens is 4. The van der Waals surface area contributed by atoms with Gasteiger partial charge in [0, 0.05) is 0 Å². The van der Waals surface area contributed by atoms with Crippen molar-refractivity contribution in [3.8, 4) is 0 Å². The lowest BCUT2D eigenvalue weighted by Crippen LogP contribution is -2.19. The summed E-state index contributed by atoms with van der Waals surface area (Å²) in [6.07, 6.45) is -0.477. The number of aliphatic carboxylic acids is 1. The summed E-state index contributed by atoms with van der Waals surface area (Å²) in [7, 11) is -2.25. The van der Waals surface area contributed by atoms with Gasteiger partial charge in [0.15, 0.2) is 0 Å². The summed E-state index contributed by atoms with van der Waals surface area (Å²) in [6.45, 7) is 0. The maximum absolute atomic E-state index is 11.2. The van der Waals surface area contributed by atoms with Crippen LogP contribution in [0.1, 0.15) is 6.42 Å². The first kappa shape index (κ1) is 11.4. The van der Waals surface area contributed by atoms with Crippen LogP contribution in [-0.4, -0.2) is 45.5 Å². The molecule has 0 aliphatic heterocycles. The minimum atomic E-state index is -3.73. The van der Waals surface area contributed by atoms with E-state index in [4.69, 9.17) is 5.11 Å². The first-order chi connectivity index (χ1) is 6.89.